The zero-order chi connectivity index (χ0) is 20.9. The topological polar surface area (TPSA) is 83.5 Å². The van der Waals surface area contributed by atoms with Crippen molar-refractivity contribution < 1.29 is 17.8 Å². The second-order valence-corrected chi connectivity index (χ2v) is 7.81. The van der Waals surface area contributed by atoms with Gasteiger partial charge in [0.1, 0.15) is 0 Å². The van der Waals surface area contributed by atoms with Crippen LogP contribution in [0.15, 0.2) is 60.8 Å². The summed E-state index contributed by atoms with van der Waals surface area (Å²) in [4.78, 5) is 11.5. The molecule has 6 heteroatoms. The monoisotopic (exact) mass is 409 g/mol. The molecule has 1 amide bonds. The molecule has 0 spiro atoms. The number of carbonyl (C=O) groups excluding carboxylic acids is 1. The van der Waals surface area contributed by atoms with E-state index in [0.717, 1.165) is 38.5 Å². The molecule has 0 saturated carbocycles. The number of unbranched alkanes of at least 4 members (excludes halogenated alkanes) is 1. The lowest BCUT2D eigenvalue weighted by Crippen LogP contribution is -2.28. The highest BCUT2D eigenvalue weighted by molar-refractivity contribution is 7.85. The van der Waals surface area contributed by atoms with E-state index >= 15 is 0 Å². The van der Waals surface area contributed by atoms with Crippen LogP contribution in [-0.4, -0.2) is 31.2 Å². The highest BCUT2D eigenvalue weighted by Gasteiger charge is 2.05. The van der Waals surface area contributed by atoms with Crippen molar-refractivity contribution in [2.24, 2.45) is 0 Å². The van der Waals surface area contributed by atoms with Gasteiger partial charge in [0.25, 0.3) is 10.1 Å². The van der Waals surface area contributed by atoms with Crippen LogP contribution in [0.25, 0.3) is 0 Å². The van der Waals surface area contributed by atoms with Crippen molar-refractivity contribution in [3.8, 4) is 0 Å². The lowest BCUT2D eigenvalue weighted by Gasteiger charge is -2.02. The van der Waals surface area contributed by atoms with Gasteiger partial charge in [0.15, 0.2) is 0 Å². The number of nitrogens with one attached hydrogen (secondary N) is 1. The Morgan fingerprint density at radius 2 is 1.29 bits per heavy atom. The Bertz CT molecular complexity index is 643. The smallest absolute Gasteiger partial charge is 0.266 e. The van der Waals surface area contributed by atoms with Gasteiger partial charge in [-0.3, -0.25) is 9.35 Å². The summed E-state index contributed by atoms with van der Waals surface area (Å²) >= 11 is 0. The summed E-state index contributed by atoms with van der Waals surface area (Å²) in [5.74, 6) is -0.649. The van der Waals surface area contributed by atoms with Crippen LogP contribution < -0.4 is 5.32 Å². The van der Waals surface area contributed by atoms with E-state index in [1.807, 2.05) is 6.08 Å². The molecule has 0 heterocycles. The van der Waals surface area contributed by atoms with Crippen LogP contribution in [0.4, 0.5) is 0 Å². The molecule has 5 nitrogen and oxygen atoms in total. The predicted molar refractivity (Wildman–Crippen MR) is 118 cm³/mol. The molecule has 0 aromatic carbocycles. The van der Waals surface area contributed by atoms with E-state index in [-0.39, 0.29) is 12.5 Å². The third-order valence-corrected chi connectivity index (χ3v) is 4.33. The first-order chi connectivity index (χ1) is 13.5. The number of hydrogen-bond donors (Lipinski definition) is 2. The highest BCUT2D eigenvalue weighted by Crippen LogP contribution is 1.99. The van der Waals surface area contributed by atoms with Crippen molar-refractivity contribution in [3.63, 3.8) is 0 Å². The van der Waals surface area contributed by atoms with Crippen LogP contribution in [0.2, 0.25) is 0 Å². The fraction of sp³-hybridized carbons (Fsp3) is 0.500. The van der Waals surface area contributed by atoms with Crippen LogP contribution in [0.1, 0.15) is 58.3 Å². The quantitative estimate of drug-likeness (QED) is 0.215. The minimum absolute atomic E-state index is 0.0562. The average molecular weight is 410 g/mol. The van der Waals surface area contributed by atoms with Crippen LogP contribution in [0.3, 0.4) is 0 Å². The molecule has 0 aliphatic heterocycles. The molecule has 0 aromatic heterocycles. The number of rotatable bonds is 16. The minimum Gasteiger partial charge on any atom is -0.355 e. The zero-order valence-corrected chi connectivity index (χ0v) is 17.7. The van der Waals surface area contributed by atoms with E-state index in [4.69, 9.17) is 4.55 Å². The van der Waals surface area contributed by atoms with Crippen molar-refractivity contribution in [1.82, 2.24) is 5.32 Å². The summed E-state index contributed by atoms with van der Waals surface area (Å²) in [6.45, 7) is 2.08. The summed E-state index contributed by atoms with van der Waals surface area (Å²) < 4.78 is 29.6. The van der Waals surface area contributed by atoms with Crippen LogP contribution in [0.5, 0.6) is 0 Å². The summed E-state index contributed by atoms with van der Waals surface area (Å²) in [5, 5.41) is 2.47. The predicted octanol–water partition coefficient (Wildman–Crippen LogP) is 4.91. The Hall–Kier alpha value is -1.92. The van der Waals surface area contributed by atoms with Gasteiger partial charge < -0.3 is 5.32 Å². The van der Waals surface area contributed by atoms with E-state index in [0.29, 0.717) is 12.8 Å². The number of allylic oxidation sites excluding steroid dienone is 10. The Balaban J connectivity index is 3.57. The van der Waals surface area contributed by atoms with Gasteiger partial charge in [-0.15, -0.1) is 0 Å². The van der Waals surface area contributed by atoms with Gasteiger partial charge in [-0.1, -0.05) is 67.7 Å². The first-order valence-electron chi connectivity index (χ1n) is 9.92. The molecule has 0 saturated heterocycles. The van der Waals surface area contributed by atoms with Gasteiger partial charge in [-0.05, 0) is 44.9 Å². The molecule has 0 aromatic rings. The maximum atomic E-state index is 11.5. The van der Waals surface area contributed by atoms with Gasteiger partial charge in [0.2, 0.25) is 5.91 Å². The first-order valence-corrected chi connectivity index (χ1v) is 11.5. The van der Waals surface area contributed by atoms with Gasteiger partial charge in [0, 0.05) is 13.0 Å². The standard InChI is InChI=1S/C22H35NO4S/c1-2-3-4-5-6-7-8-9-10-11-12-13-14-15-16-17-18-19-22(24)23-20-21-28(25,26)27/h3-4,6-7,9-10,12-13,15-16H,2,5,8,11,14,17-21H2,1H3,(H,23,24)(H,25,26,27). The third-order valence-electron chi connectivity index (χ3n) is 3.61. The van der Waals surface area contributed by atoms with Crippen LogP contribution in [-0.2, 0) is 14.9 Å². The maximum Gasteiger partial charge on any atom is 0.266 e. The van der Waals surface area contributed by atoms with Gasteiger partial charge >= 0.3 is 0 Å². The first kappa shape index (κ1) is 26.1. The summed E-state index contributed by atoms with van der Waals surface area (Å²) in [6.07, 6.45) is 28.1. The molecule has 0 rings (SSSR count). The molecular formula is C22H35NO4S. The van der Waals surface area contributed by atoms with Gasteiger partial charge in [-0.25, -0.2) is 0 Å². The second-order valence-electron chi connectivity index (χ2n) is 6.24. The highest BCUT2D eigenvalue weighted by atomic mass is 32.2. The Labute approximate surface area is 170 Å². The third kappa shape index (κ3) is 22.1. The van der Waals surface area contributed by atoms with Crippen molar-refractivity contribution in [1.29, 1.82) is 0 Å². The summed E-state index contributed by atoms with van der Waals surface area (Å²) in [6, 6.07) is 0. The molecule has 0 fully saturated rings. The van der Waals surface area contributed by atoms with Crippen LogP contribution in [0, 0.1) is 0 Å². The largest absolute Gasteiger partial charge is 0.355 e. The second kappa shape index (κ2) is 18.4. The lowest BCUT2D eigenvalue weighted by molar-refractivity contribution is -0.121. The van der Waals surface area contributed by atoms with Crippen molar-refractivity contribution in [3.05, 3.63) is 60.8 Å². The fourth-order valence-corrected chi connectivity index (χ4v) is 2.52. The SMILES string of the molecule is CCC=CCC=CCC=CCC=CCC=CCCCC(=O)NCCS(=O)(=O)O. The molecule has 0 unspecified atom stereocenters. The number of amides is 1. The molecule has 28 heavy (non-hydrogen) atoms. The van der Waals surface area contributed by atoms with Crippen molar-refractivity contribution in [2.45, 2.75) is 58.3 Å². The minimum atomic E-state index is -4.01. The Morgan fingerprint density at radius 1 is 0.821 bits per heavy atom. The Kier molecular flexibility index (Phi) is 17.2. The number of hydrogen-bond acceptors (Lipinski definition) is 3. The van der Waals surface area contributed by atoms with Gasteiger partial charge in [-0.2, -0.15) is 8.42 Å². The average Bonchev–Trinajstić information content (AvgIpc) is 2.63. The lowest BCUT2D eigenvalue weighted by atomic mass is 10.2. The number of carbonyl (C=O) groups is 1. The molecular weight excluding hydrogens is 374 g/mol. The summed E-state index contributed by atoms with van der Waals surface area (Å²) in [5.41, 5.74) is 0. The van der Waals surface area contributed by atoms with E-state index in [1.165, 1.54) is 0 Å². The van der Waals surface area contributed by atoms with Crippen molar-refractivity contribution in [2.75, 3.05) is 12.3 Å². The van der Waals surface area contributed by atoms with E-state index in [9.17, 15) is 13.2 Å². The van der Waals surface area contributed by atoms with Gasteiger partial charge in [0.05, 0.1) is 5.75 Å². The molecule has 0 atom stereocenters. The van der Waals surface area contributed by atoms with E-state index in [1.54, 1.807) is 0 Å². The normalized spacial score (nSPS) is 13.1. The molecule has 0 aliphatic rings. The molecule has 2 N–H and O–H groups in total. The molecule has 0 aliphatic carbocycles. The van der Waals surface area contributed by atoms with E-state index < -0.39 is 15.9 Å². The zero-order valence-electron chi connectivity index (χ0n) is 16.9. The maximum absolute atomic E-state index is 11.5. The molecule has 0 bridgehead atoms. The molecule has 158 valence electrons. The van der Waals surface area contributed by atoms with E-state index in [2.05, 4.69) is 66.9 Å². The van der Waals surface area contributed by atoms with Crippen LogP contribution >= 0.6 is 0 Å². The fourth-order valence-electron chi connectivity index (χ4n) is 2.16. The molecule has 0 radical (unpaired) electrons. The van der Waals surface area contributed by atoms with Crippen molar-refractivity contribution >= 4 is 16.0 Å². The Morgan fingerprint density at radius 3 is 1.75 bits per heavy atom. The summed E-state index contributed by atoms with van der Waals surface area (Å²) in [7, 11) is -4.01.